The molecule has 29 heavy (non-hydrogen) atoms. The lowest BCUT2D eigenvalue weighted by molar-refractivity contribution is -0.122. The van der Waals surface area contributed by atoms with Crippen LogP contribution in [-0.2, 0) is 4.79 Å². The van der Waals surface area contributed by atoms with Crippen LogP contribution in [0.3, 0.4) is 0 Å². The topological polar surface area (TPSA) is 17.1 Å². The van der Waals surface area contributed by atoms with Gasteiger partial charge >= 0.3 is 0 Å². The molecule has 0 aliphatic heterocycles. The van der Waals surface area contributed by atoms with Gasteiger partial charge in [-0.1, -0.05) is 73.7 Å². The van der Waals surface area contributed by atoms with Crippen molar-refractivity contribution >= 4 is 15.8 Å². The van der Waals surface area contributed by atoms with Gasteiger partial charge in [-0.25, -0.2) is 0 Å². The van der Waals surface area contributed by atoms with Crippen LogP contribution < -0.4 is 0 Å². The molecule has 1 aliphatic rings. The van der Waals surface area contributed by atoms with Crippen molar-refractivity contribution in [2.24, 2.45) is 5.92 Å². The van der Waals surface area contributed by atoms with Crippen molar-refractivity contribution in [3.63, 3.8) is 0 Å². The standard InChI is InChI=1S/C27H28OS/c1-2-26(28)25-20-12-13-21-27(25)29(22-14-6-3-7-15-22,23-16-8-4-9-17-23)24-18-10-5-11-19-24/h3-11,13-19,21,25,27H,2,12,20H2,1H3/t25-,27-/m1/s1. The van der Waals surface area contributed by atoms with E-state index in [2.05, 4.69) is 103 Å². The van der Waals surface area contributed by atoms with Crippen LogP contribution in [0.5, 0.6) is 0 Å². The SMILES string of the molecule is CCC(=O)[C@H]1CCC=C[C@H]1S(c1ccccc1)(c1ccccc1)c1ccccc1. The van der Waals surface area contributed by atoms with E-state index in [1.807, 2.05) is 6.92 Å². The van der Waals surface area contributed by atoms with Crippen LogP contribution in [0.15, 0.2) is 118 Å². The second kappa shape index (κ2) is 8.84. The minimum atomic E-state index is -1.65. The van der Waals surface area contributed by atoms with Gasteiger partial charge in [0.15, 0.2) is 0 Å². The maximum absolute atomic E-state index is 13.1. The molecule has 0 saturated heterocycles. The molecule has 0 N–H and O–H groups in total. The first-order valence-corrected chi connectivity index (χ1v) is 12.1. The van der Waals surface area contributed by atoms with Crippen LogP contribution in [0.2, 0.25) is 0 Å². The van der Waals surface area contributed by atoms with Crippen molar-refractivity contribution in [2.75, 3.05) is 0 Å². The Balaban J connectivity index is 2.06. The lowest BCUT2D eigenvalue weighted by Gasteiger charge is -2.50. The third-order valence-electron chi connectivity index (χ3n) is 5.88. The molecule has 2 atom stereocenters. The van der Waals surface area contributed by atoms with E-state index in [1.54, 1.807) is 0 Å². The second-order valence-corrected chi connectivity index (χ2v) is 10.8. The summed E-state index contributed by atoms with van der Waals surface area (Å²) in [6, 6.07) is 32.6. The third-order valence-corrected chi connectivity index (χ3v) is 10.2. The van der Waals surface area contributed by atoms with Gasteiger partial charge in [0.05, 0.1) is 0 Å². The Hall–Kier alpha value is -2.58. The number of carbonyl (C=O) groups excluding carboxylic acids is 1. The normalized spacial score (nSPS) is 19.6. The molecule has 0 fully saturated rings. The van der Waals surface area contributed by atoms with Gasteiger partial charge in [0.2, 0.25) is 0 Å². The lowest BCUT2D eigenvalue weighted by atomic mass is 9.89. The monoisotopic (exact) mass is 400 g/mol. The number of benzene rings is 3. The Kier molecular flexibility index (Phi) is 6.01. The van der Waals surface area contributed by atoms with Crippen LogP contribution in [0, 0.1) is 5.92 Å². The van der Waals surface area contributed by atoms with Gasteiger partial charge in [0.1, 0.15) is 5.78 Å². The minimum Gasteiger partial charge on any atom is -0.299 e. The number of hydrogen-bond donors (Lipinski definition) is 0. The summed E-state index contributed by atoms with van der Waals surface area (Å²) < 4.78 is 0. The van der Waals surface area contributed by atoms with Crippen LogP contribution in [-0.4, -0.2) is 11.0 Å². The lowest BCUT2D eigenvalue weighted by Crippen LogP contribution is -2.33. The van der Waals surface area contributed by atoms with E-state index in [4.69, 9.17) is 0 Å². The second-order valence-electron chi connectivity index (χ2n) is 7.50. The third kappa shape index (κ3) is 3.58. The Morgan fingerprint density at radius 3 is 1.66 bits per heavy atom. The Labute approximate surface area is 175 Å². The number of hydrogen-bond acceptors (Lipinski definition) is 1. The number of carbonyl (C=O) groups is 1. The molecule has 148 valence electrons. The van der Waals surface area contributed by atoms with E-state index in [0.29, 0.717) is 12.2 Å². The van der Waals surface area contributed by atoms with Crippen molar-refractivity contribution in [1.82, 2.24) is 0 Å². The largest absolute Gasteiger partial charge is 0.299 e. The molecule has 0 bridgehead atoms. The average molecular weight is 401 g/mol. The quantitative estimate of drug-likeness (QED) is 0.397. The molecule has 3 aromatic rings. The summed E-state index contributed by atoms with van der Waals surface area (Å²) in [5, 5.41) is 0.163. The van der Waals surface area contributed by atoms with E-state index in [9.17, 15) is 4.79 Å². The first-order chi connectivity index (χ1) is 14.3. The summed E-state index contributed by atoms with van der Waals surface area (Å²) in [7, 11) is -1.65. The fraction of sp³-hybridized carbons (Fsp3) is 0.222. The van der Waals surface area contributed by atoms with Crippen LogP contribution in [0.25, 0.3) is 0 Å². The molecular weight excluding hydrogens is 372 g/mol. The van der Waals surface area contributed by atoms with Gasteiger partial charge in [0, 0.05) is 17.6 Å². The number of ketones is 1. The smallest absolute Gasteiger partial charge is 0.137 e. The minimum absolute atomic E-state index is 0.0561. The Morgan fingerprint density at radius 2 is 1.24 bits per heavy atom. The van der Waals surface area contributed by atoms with Crippen molar-refractivity contribution in [3.8, 4) is 0 Å². The maximum Gasteiger partial charge on any atom is 0.137 e. The van der Waals surface area contributed by atoms with Crippen molar-refractivity contribution in [1.29, 1.82) is 0 Å². The Bertz CT molecular complexity index is 867. The molecule has 2 heteroatoms. The highest BCUT2D eigenvalue weighted by atomic mass is 32.3. The van der Waals surface area contributed by atoms with Crippen molar-refractivity contribution in [2.45, 2.75) is 46.1 Å². The summed E-state index contributed by atoms with van der Waals surface area (Å²) in [6.45, 7) is 2.00. The van der Waals surface area contributed by atoms with Crippen LogP contribution in [0.1, 0.15) is 26.2 Å². The molecule has 0 spiro atoms. The molecule has 0 radical (unpaired) electrons. The van der Waals surface area contributed by atoms with Crippen molar-refractivity contribution < 1.29 is 4.79 Å². The van der Waals surface area contributed by atoms with Gasteiger partial charge in [-0.15, -0.1) is 0 Å². The first kappa shape index (κ1) is 19.7. The van der Waals surface area contributed by atoms with Gasteiger partial charge in [-0.3, -0.25) is 4.79 Å². The van der Waals surface area contributed by atoms with E-state index in [0.717, 1.165) is 12.8 Å². The zero-order chi connectivity index (χ0) is 20.1. The Morgan fingerprint density at radius 1 is 0.793 bits per heavy atom. The molecule has 0 aromatic heterocycles. The molecule has 0 amide bonds. The van der Waals surface area contributed by atoms with E-state index in [-0.39, 0.29) is 11.2 Å². The molecule has 1 nitrogen and oxygen atoms in total. The molecular formula is C27H28OS. The van der Waals surface area contributed by atoms with E-state index >= 15 is 0 Å². The van der Waals surface area contributed by atoms with Gasteiger partial charge in [-0.2, -0.15) is 10.0 Å². The maximum atomic E-state index is 13.1. The van der Waals surface area contributed by atoms with Gasteiger partial charge < -0.3 is 0 Å². The number of rotatable bonds is 6. The zero-order valence-corrected chi connectivity index (χ0v) is 17.7. The van der Waals surface area contributed by atoms with Crippen molar-refractivity contribution in [3.05, 3.63) is 103 Å². The fourth-order valence-corrected chi connectivity index (χ4v) is 9.21. The van der Waals surface area contributed by atoms with E-state index < -0.39 is 10.0 Å². The highest BCUT2D eigenvalue weighted by Crippen LogP contribution is 2.73. The average Bonchev–Trinajstić information content (AvgIpc) is 2.82. The molecule has 1 aliphatic carbocycles. The molecule has 0 saturated carbocycles. The van der Waals surface area contributed by atoms with E-state index in [1.165, 1.54) is 14.7 Å². The zero-order valence-electron chi connectivity index (χ0n) is 16.9. The molecule has 0 heterocycles. The summed E-state index contributed by atoms with van der Waals surface area (Å²) >= 11 is 0. The fourth-order valence-electron chi connectivity index (χ4n) is 4.56. The van der Waals surface area contributed by atoms with Gasteiger partial charge in [0.25, 0.3) is 0 Å². The highest BCUT2D eigenvalue weighted by molar-refractivity contribution is 8.34. The summed E-state index contributed by atoms with van der Waals surface area (Å²) in [6.07, 6.45) is 7.17. The first-order valence-electron chi connectivity index (χ1n) is 10.5. The predicted octanol–water partition coefficient (Wildman–Crippen LogP) is 7.28. The van der Waals surface area contributed by atoms with Crippen LogP contribution in [0.4, 0.5) is 0 Å². The summed E-state index contributed by atoms with van der Waals surface area (Å²) in [5.74, 6) is 0.444. The summed E-state index contributed by atoms with van der Waals surface area (Å²) in [4.78, 5) is 17.1. The molecule has 0 unspecified atom stereocenters. The summed E-state index contributed by atoms with van der Waals surface area (Å²) in [5.41, 5.74) is 0. The molecule has 4 rings (SSSR count). The van der Waals surface area contributed by atoms with Crippen LogP contribution >= 0.6 is 10.0 Å². The van der Waals surface area contributed by atoms with Gasteiger partial charge in [-0.05, 0) is 63.9 Å². The number of Topliss-reactive ketones (excluding diaryl/α,β-unsaturated/α-hetero) is 1. The number of allylic oxidation sites excluding steroid dienone is 1. The highest BCUT2D eigenvalue weighted by Gasteiger charge is 2.44. The molecule has 3 aromatic carbocycles. The predicted molar refractivity (Wildman–Crippen MR) is 123 cm³/mol.